The lowest BCUT2D eigenvalue weighted by molar-refractivity contribution is -0.119. The fourth-order valence-corrected chi connectivity index (χ4v) is 2.49. The van der Waals surface area contributed by atoms with Crippen LogP contribution >= 0.6 is 25.3 Å². The number of nitrogens with one attached hydrogen (secondary N) is 1. The topological polar surface area (TPSA) is 29.1 Å². The van der Waals surface area contributed by atoms with Gasteiger partial charge in [0.25, 0.3) is 0 Å². The van der Waals surface area contributed by atoms with Gasteiger partial charge in [-0.05, 0) is 20.3 Å². The lowest BCUT2D eigenvalue weighted by Crippen LogP contribution is -2.56. The summed E-state index contributed by atoms with van der Waals surface area (Å²) in [6, 6.07) is 0. The molecule has 0 saturated carbocycles. The van der Waals surface area contributed by atoms with E-state index in [2.05, 4.69) is 30.6 Å². The molecule has 1 rings (SSSR count). The molecule has 1 aliphatic rings. The van der Waals surface area contributed by atoms with Gasteiger partial charge in [-0.2, -0.15) is 25.3 Å². The largest absolute Gasteiger partial charge is 0.348 e. The lowest BCUT2D eigenvalue weighted by Gasteiger charge is -2.39. The highest BCUT2D eigenvalue weighted by Crippen LogP contribution is 2.36. The van der Waals surface area contributed by atoms with Crippen LogP contribution < -0.4 is 5.32 Å². The number of amides is 1. The van der Waals surface area contributed by atoms with E-state index in [1.54, 1.807) is 0 Å². The second kappa shape index (κ2) is 3.14. The molecule has 1 saturated heterocycles. The SMILES string of the molecule is CC(C)(S)C1(CS)CCC(=O)N1. The molecular formula is C8H15NOS2. The first-order chi connectivity index (χ1) is 5.41. The lowest BCUT2D eigenvalue weighted by atomic mass is 9.86. The highest BCUT2D eigenvalue weighted by atomic mass is 32.1. The fraction of sp³-hybridized carbons (Fsp3) is 0.875. The van der Waals surface area contributed by atoms with Gasteiger partial charge in [0, 0.05) is 16.9 Å². The van der Waals surface area contributed by atoms with Crippen molar-refractivity contribution >= 4 is 31.2 Å². The van der Waals surface area contributed by atoms with Crippen molar-refractivity contribution in [1.29, 1.82) is 0 Å². The van der Waals surface area contributed by atoms with Crippen LogP contribution in [-0.4, -0.2) is 21.9 Å². The minimum atomic E-state index is -0.226. The number of carbonyl (C=O) groups is 1. The summed E-state index contributed by atoms with van der Waals surface area (Å²) in [6.07, 6.45) is 1.44. The second-order valence-electron chi connectivity index (χ2n) is 3.85. The summed E-state index contributed by atoms with van der Waals surface area (Å²) in [5.74, 6) is 0.765. The molecule has 0 radical (unpaired) electrons. The van der Waals surface area contributed by atoms with Crippen LogP contribution in [-0.2, 0) is 4.79 Å². The van der Waals surface area contributed by atoms with Crippen molar-refractivity contribution in [3.63, 3.8) is 0 Å². The van der Waals surface area contributed by atoms with Crippen LogP contribution in [0.2, 0.25) is 0 Å². The van der Waals surface area contributed by atoms with Gasteiger partial charge in [0.2, 0.25) is 5.91 Å². The number of thiol groups is 2. The van der Waals surface area contributed by atoms with E-state index in [1.165, 1.54) is 0 Å². The molecule has 1 amide bonds. The van der Waals surface area contributed by atoms with Crippen LogP contribution in [0.15, 0.2) is 0 Å². The Balaban J connectivity index is 2.85. The minimum Gasteiger partial charge on any atom is -0.348 e. The van der Waals surface area contributed by atoms with Gasteiger partial charge < -0.3 is 5.32 Å². The summed E-state index contributed by atoms with van der Waals surface area (Å²) >= 11 is 8.76. The fourth-order valence-electron chi connectivity index (χ4n) is 1.49. The molecule has 4 heteroatoms. The number of hydrogen-bond acceptors (Lipinski definition) is 3. The van der Waals surface area contributed by atoms with E-state index in [1.807, 2.05) is 13.8 Å². The molecule has 0 aromatic rings. The van der Waals surface area contributed by atoms with E-state index in [0.29, 0.717) is 12.2 Å². The summed E-state index contributed by atoms with van der Waals surface area (Å²) in [6.45, 7) is 4.02. The first-order valence-corrected chi connectivity index (χ1v) is 5.13. The monoisotopic (exact) mass is 205 g/mol. The third kappa shape index (κ3) is 1.59. The van der Waals surface area contributed by atoms with E-state index < -0.39 is 0 Å². The van der Waals surface area contributed by atoms with Crippen molar-refractivity contribution < 1.29 is 4.79 Å². The van der Waals surface area contributed by atoms with Crippen molar-refractivity contribution in [2.75, 3.05) is 5.75 Å². The smallest absolute Gasteiger partial charge is 0.220 e. The molecule has 1 atom stereocenters. The van der Waals surface area contributed by atoms with Crippen molar-refractivity contribution in [2.24, 2.45) is 0 Å². The van der Waals surface area contributed by atoms with Gasteiger partial charge in [-0.15, -0.1) is 0 Å². The Labute approximate surface area is 84.3 Å². The average molecular weight is 205 g/mol. The molecule has 70 valence electrons. The van der Waals surface area contributed by atoms with Gasteiger partial charge in [-0.1, -0.05) is 0 Å². The molecule has 1 unspecified atom stereocenters. The number of hydrogen-bond donors (Lipinski definition) is 3. The zero-order chi connectivity index (χ0) is 9.41. The Hall–Kier alpha value is 0.170. The van der Waals surface area contributed by atoms with Crippen LogP contribution in [0.25, 0.3) is 0 Å². The molecule has 1 aliphatic heterocycles. The first-order valence-electron chi connectivity index (χ1n) is 4.05. The first kappa shape index (κ1) is 10.3. The molecular weight excluding hydrogens is 190 g/mol. The minimum absolute atomic E-state index is 0.117. The van der Waals surface area contributed by atoms with Crippen LogP contribution in [0.5, 0.6) is 0 Å². The number of carbonyl (C=O) groups excluding carboxylic acids is 1. The van der Waals surface area contributed by atoms with Crippen molar-refractivity contribution in [2.45, 2.75) is 37.0 Å². The molecule has 0 aliphatic carbocycles. The van der Waals surface area contributed by atoms with Gasteiger partial charge >= 0.3 is 0 Å². The molecule has 0 aromatic heterocycles. The van der Waals surface area contributed by atoms with E-state index >= 15 is 0 Å². The van der Waals surface area contributed by atoms with Gasteiger partial charge in [0.15, 0.2) is 0 Å². The van der Waals surface area contributed by atoms with Gasteiger partial charge in [0.05, 0.1) is 5.54 Å². The van der Waals surface area contributed by atoms with Crippen molar-refractivity contribution in [3.05, 3.63) is 0 Å². The third-order valence-electron chi connectivity index (χ3n) is 2.60. The van der Waals surface area contributed by atoms with Crippen LogP contribution in [0.4, 0.5) is 0 Å². The second-order valence-corrected chi connectivity index (χ2v) is 5.28. The van der Waals surface area contributed by atoms with E-state index in [-0.39, 0.29) is 16.2 Å². The maximum absolute atomic E-state index is 11.1. The quantitative estimate of drug-likeness (QED) is 0.582. The van der Waals surface area contributed by atoms with Crippen LogP contribution in [0.1, 0.15) is 26.7 Å². The van der Waals surface area contributed by atoms with Gasteiger partial charge in [-0.3, -0.25) is 4.79 Å². The summed E-state index contributed by atoms with van der Waals surface area (Å²) < 4.78 is -0.207. The highest BCUT2D eigenvalue weighted by molar-refractivity contribution is 7.82. The molecule has 1 N–H and O–H groups in total. The molecule has 1 fully saturated rings. The standard InChI is InChI=1S/C8H15NOS2/c1-7(2,12)8(5-11)4-3-6(10)9-8/h11-12H,3-5H2,1-2H3,(H,9,10). The molecule has 1 heterocycles. The Morgan fingerprint density at radius 2 is 2.25 bits per heavy atom. The zero-order valence-electron chi connectivity index (χ0n) is 7.42. The molecule has 0 spiro atoms. The van der Waals surface area contributed by atoms with E-state index in [4.69, 9.17) is 0 Å². The highest BCUT2D eigenvalue weighted by Gasteiger charge is 2.46. The zero-order valence-corrected chi connectivity index (χ0v) is 9.21. The molecule has 12 heavy (non-hydrogen) atoms. The summed E-state index contributed by atoms with van der Waals surface area (Å²) in [5, 5.41) is 2.97. The predicted octanol–water partition coefficient (Wildman–Crippen LogP) is 1.27. The predicted molar refractivity (Wildman–Crippen MR) is 57.0 cm³/mol. The Morgan fingerprint density at radius 1 is 1.67 bits per heavy atom. The maximum atomic E-state index is 11.1. The Morgan fingerprint density at radius 3 is 2.42 bits per heavy atom. The molecule has 0 bridgehead atoms. The van der Waals surface area contributed by atoms with Gasteiger partial charge in [0.1, 0.15) is 0 Å². The summed E-state index contributed by atoms with van der Waals surface area (Å²) in [7, 11) is 0. The normalized spacial score (nSPS) is 30.5. The van der Waals surface area contributed by atoms with Gasteiger partial charge in [-0.25, -0.2) is 0 Å². The molecule has 0 aromatic carbocycles. The van der Waals surface area contributed by atoms with Crippen LogP contribution in [0, 0.1) is 0 Å². The summed E-state index contributed by atoms with van der Waals surface area (Å²) in [5.41, 5.74) is -0.226. The number of rotatable bonds is 2. The Bertz CT molecular complexity index is 200. The maximum Gasteiger partial charge on any atom is 0.220 e. The third-order valence-corrected chi connectivity index (χ3v) is 3.57. The summed E-state index contributed by atoms with van der Waals surface area (Å²) in [4.78, 5) is 11.1. The van der Waals surface area contributed by atoms with E-state index in [9.17, 15) is 4.79 Å². The van der Waals surface area contributed by atoms with Crippen molar-refractivity contribution in [1.82, 2.24) is 5.32 Å². The molecule has 2 nitrogen and oxygen atoms in total. The van der Waals surface area contributed by atoms with E-state index in [0.717, 1.165) is 6.42 Å². The average Bonchev–Trinajstić information content (AvgIpc) is 2.31. The Kier molecular flexibility index (Phi) is 2.69. The van der Waals surface area contributed by atoms with Crippen molar-refractivity contribution in [3.8, 4) is 0 Å². The van der Waals surface area contributed by atoms with Crippen LogP contribution in [0.3, 0.4) is 0 Å².